The molecule has 0 aromatic heterocycles. The standard InChI is InChI=1S/2C12H18.2C11H22.4CH4/c1-9(2)11-6-5-7-12(8-11)10(3)4;1-9(2)11-7-5-6-8-12(11)10(3)4;1-8(2)10-5-6-11(7-10)9(3)4;1-8(2)10-6-5-7-11(10)9(3)4;;;;/h2*5-10H,1-4H3;2*8-11H,5-7H2,1-4H3;4*1H4. The number of hydrogen-bond donors (Lipinski definition) is 0. The lowest BCUT2D eigenvalue weighted by molar-refractivity contribution is 0.235. The first-order valence-electron chi connectivity index (χ1n) is 19.7. The fourth-order valence-corrected chi connectivity index (χ4v) is 7.78. The van der Waals surface area contributed by atoms with Crippen molar-refractivity contribution in [3.05, 3.63) is 70.8 Å². The lowest BCUT2D eigenvalue weighted by Gasteiger charge is -2.26. The van der Waals surface area contributed by atoms with Crippen LogP contribution >= 0.6 is 0 Å². The summed E-state index contributed by atoms with van der Waals surface area (Å²) in [4.78, 5) is 0. The zero-order chi connectivity index (χ0) is 35.1. The highest BCUT2D eigenvalue weighted by atomic mass is 14.4. The Hall–Kier alpha value is -1.56. The number of hydrogen-bond acceptors (Lipinski definition) is 0. The van der Waals surface area contributed by atoms with Crippen LogP contribution in [-0.4, -0.2) is 0 Å². The molecule has 50 heavy (non-hydrogen) atoms. The topological polar surface area (TPSA) is 0 Å². The van der Waals surface area contributed by atoms with Crippen molar-refractivity contribution in [1.82, 2.24) is 0 Å². The van der Waals surface area contributed by atoms with Crippen molar-refractivity contribution in [3.8, 4) is 0 Å². The Morgan fingerprint density at radius 1 is 0.400 bits per heavy atom. The minimum atomic E-state index is 0. The average molecular weight is 697 g/mol. The van der Waals surface area contributed by atoms with E-state index < -0.39 is 0 Å². The van der Waals surface area contributed by atoms with E-state index in [1.807, 2.05) is 0 Å². The molecule has 2 aliphatic rings. The van der Waals surface area contributed by atoms with Crippen LogP contribution < -0.4 is 0 Å². The maximum atomic E-state index is 2.38. The molecule has 0 amide bonds. The molecule has 0 aliphatic heterocycles. The third-order valence-electron chi connectivity index (χ3n) is 11.2. The SMILES string of the molecule is C.C.C.C.CC(C)C1CCC(C(C)C)C1.CC(C)C1CCCC1C(C)C.CC(C)c1cccc(C(C)C)c1.CC(C)c1ccccc1C(C)C. The molecular weight excluding hydrogens is 601 g/mol. The minimum absolute atomic E-state index is 0. The van der Waals surface area contributed by atoms with Crippen LogP contribution in [0.25, 0.3) is 0 Å². The Morgan fingerprint density at radius 3 is 0.980 bits per heavy atom. The number of rotatable bonds is 8. The molecule has 296 valence electrons. The monoisotopic (exact) mass is 697 g/mol. The first kappa shape index (κ1) is 55.2. The van der Waals surface area contributed by atoms with Gasteiger partial charge in [0.15, 0.2) is 0 Å². The van der Waals surface area contributed by atoms with Gasteiger partial charge < -0.3 is 0 Å². The minimum Gasteiger partial charge on any atom is -0.0776 e. The van der Waals surface area contributed by atoms with Gasteiger partial charge in [0, 0.05) is 0 Å². The summed E-state index contributed by atoms with van der Waals surface area (Å²) < 4.78 is 0. The maximum absolute atomic E-state index is 2.38. The van der Waals surface area contributed by atoms with E-state index in [0.717, 1.165) is 47.3 Å². The second-order valence-corrected chi connectivity index (χ2v) is 17.5. The quantitative estimate of drug-likeness (QED) is 0.258. The molecule has 2 fully saturated rings. The molecule has 0 nitrogen and oxygen atoms in total. The Morgan fingerprint density at radius 2 is 0.740 bits per heavy atom. The van der Waals surface area contributed by atoms with Crippen molar-refractivity contribution in [2.45, 2.75) is 203 Å². The molecule has 0 heterocycles. The zero-order valence-electron chi connectivity index (χ0n) is 33.8. The lowest BCUT2D eigenvalue weighted by Crippen LogP contribution is -2.18. The predicted molar refractivity (Wildman–Crippen MR) is 237 cm³/mol. The second-order valence-electron chi connectivity index (χ2n) is 17.5. The molecule has 2 aromatic rings. The summed E-state index contributed by atoms with van der Waals surface area (Å²) in [5, 5.41) is 0. The van der Waals surface area contributed by atoms with Gasteiger partial charge in [-0.15, -0.1) is 0 Å². The normalized spacial score (nSPS) is 19.5. The predicted octanol–water partition coefficient (Wildman–Crippen LogP) is 17.8. The third kappa shape index (κ3) is 19.3. The molecule has 2 saturated carbocycles. The van der Waals surface area contributed by atoms with Crippen molar-refractivity contribution in [1.29, 1.82) is 0 Å². The smallest absolute Gasteiger partial charge is 0.0216 e. The van der Waals surface area contributed by atoms with E-state index in [-0.39, 0.29) is 29.7 Å². The fourth-order valence-electron chi connectivity index (χ4n) is 7.78. The molecule has 4 rings (SSSR count). The highest BCUT2D eigenvalue weighted by Gasteiger charge is 2.31. The van der Waals surface area contributed by atoms with Crippen molar-refractivity contribution < 1.29 is 0 Å². The maximum Gasteiger partial charge on any atom is -0.0216 e. The Bertz CT molecular complexity index is 971. The van der Waals surface area contributed by atoms with E-state index in [2.05, 4.69) is 159 Å². The molecule has 4 atom stereocenters. The Balaban J connectivity index is -0.000000275. The molecule has 4 unspecified atom stereocenters. The van der Waals surface area contributed by atoms with Gasteiger partial charge in [0.05, 0.1) is 0 Å². The van der Waals surface area contributed by atoms with Crippen LogP contribution in [0.1, 0.15) is 225 Å². The summed E-state index contributed by atoms with van der Waals surface area (Å²) in [6.45, 7) is 36.9. The van der Waals surface area contributed by atoms with Gasteiger partial charge in [-0.1, -0.05) is 195 Å². The fraction of sp³-hybridized carbons (Fsp3) is 0.760. The molecule has 0 bridgehead atoms. The first-order valence-corrected chi connectivity index (χ1v) is 19.7. The van der Waals surface area contributed by atoms with Gasteiger partial charge in [-0.3, -0.25) is 0 Å². The summed E-state index contributed by atoms with van der Waals surface area (Å²) in [7, 11) is 0. The molecule has 0 spiro atoms. The summed E-state index contributed by atoms with van der Waals surface area (Å²) in [6.07, 6.45) is 8.92. The first-order chi connectivity index (χ1) is 21.5. The Kier molecular flexibility index (Phi) is 30.9. The second kappa shape index (κ2) is 28.0. The van der Waals surface area contributed by atoms with E-state index in [1.54, 1.807) is 0 Å². The average Bonchev–Trinajstić information content (AvgIpc) is 3.70. The molecule has 0 N–H and O–H groups in total. The third-order valence-corrected chi connectivity index (χ3v) is 11.2. The molecule has 0 radical (unpaired) electrons. The van der Waals surface area contributed by atoms with Crippen molar-refractivity contribution in [3.63, 3.8) is 0 Å². The van der Waals surface area contributed by atoms with Gasteiger partial charge in [0.1, 0.15) is 0 Å². The summed E-state index contributed by atoms with van der Waals surface area (Å²) in [6, 6.07) is 17.6. The van der Waals surface area contributed by atoms with E-state index in [9.17, 15) is 0 Å². The van der Waals surface area contributed by atoms with Crippen LogP contribution in [0.15, 0.2) is 48.5 Å². The van der Waals surface area contributed by atoms with Crippen LogP contribution in [0.5, 0.6) is 0 Å². The van der Waals surface area contributed by atoms with Gasteiger partial charge in [0.25, 0.3) is 0 Å². The summed E-state index contributed by atoms with van der Waals surface area (Å²) >= 11 is 0. The van der Waals surface area contributed by atoms with Gasteiger partial charge in [0.2, 0.25) is 0 Å². The largest absolute Gasteiger partial charge is 0.0776 e. The van der Waals surface area contributed by atoms with E-state index in [4.69, 9.17) is 0 Å². The highest BCUT2D eigenvalue weighted by molar-refractivity contribution is 5.32. The summed E-state index contributed by atoms with van der Waals surface area (Å²) in [5.74, 6) is 10.3. The van der Waals surface area contributed by atoms with Crippen LogP contribution in [0, 0.1) is 47.3 Å². The van der Waals surface area contributed by atoms with Crippen LogP contribution in [0.2, 0.25) is 0 Å². The van der Waals surface area contributed by atoms with Gasteiger partial charge >= 0.3 is 0 Å². The van der Waals surface area contributed by atoms with Crippen LogP contribution in [0.3, 0.4) is 0 Å². The molecular formula is C50H96. The van der Waals surface area contributed by atoms with Crippen LogP contribution in [-0.2, 0) is 0 Å². The van der Waals surface area contributed by atoms with E-state index in [1.165, 1.54) is 60.8 Å². The van der Waals surface area contributed by atoms with Gasteiger partial charge in [-0.25, -0.2) is 0 Å². The van der Waals surface area contributed by atoms with Gasteiger partial charge in [-0.2, -0.15) is 0 Å². The molecule has 2 aliphatic carbocycles. The lowest BCUT2D eigenvalue weighted by atomic mass is 9.80. The van der Waals surface area contributed by atoms with Crippen LogP contribution in [0.4, 0.5) is 0 Å². The zero-order valence-corrected chi connectivity index (χ0v) is 33.8. The highest BCUT2D eigenvalue weighted by Crippen LogP contribution is 2.41. The van der Waals surface area contributed by atoms with E-state index >= 15 is 0 Å². The van der Waals surface area contributed by atoms with Crippen molar-refractivity contribution >= 4 is 0 Å². The summed E-state index contributed by atoms with van der Waals surface area (Å²) in [5.41, 5.74) is 5.88. The van der Waals surface area contributed by atoms with E-state index in [0.29, 0.717) is 23.7 Å². The molecule has 2 aromatic carbocycles. The molecule has 0 saturated heterocycles. The Labute approximate surface area is 319 Å². The van der Waals surface area contributed by atoms with Crippen molar-refractivity contribution in [2.24, 2.45) is 47.3 Å². The molecule has 0 heteroatoms. The number of benzene rings is 2. The van der Waals surface area contributed by atoms with Gasteiger partial charge in [-0.05, 0) is 125 Å². The van der Waals surface area contributed by atoms with Crippen molar-refractivity contribution in [2.75, 3.05) is 0 Å².